The molecule has 0 amide bonds. The van der Waals surface area contributed by atoms with E-state index >= 15 is 0 Å². The summed E-state index contributed by atoms with van der Waals surface area (Å²) in [6, 6.07) is 6.86. The highest BCUT2D eigenvalue weighted by atomic mass is 35.5. The molecule has 0 saturated heterocycles. The largest absolute Gasteiger partial charge is 0.399 e. The van der Waals surface area contributed by atoms with Gasteiger partial charge in [0.05, 0.1) is 16.1 Å². The minimum absolute atomic E-state index is 0.0224. The molecule has 2 rings (SSSR count). The standard InChI is InChI=1S/C19H21Cl2FN4O2/c1-12(20)18(19-16(22)10-14(21)11-23-19)26-28-9-5-7-15-6-4-8-17(24-15)13(2)25-27-3/h4,6,8,10-12H,5,7,9H2,1-3H3. The molecule has 2 heterocycles. The van der Waals surface area contributed by atoms with Crippen LogP contribution in [0.25, 0.3) is 0 Å². The average Bonchev–Trinajstić information content (AvgIpc) is 2.65. The fourth-order valence-corrected chi connectivity index (χ4v) is 2.63. The van der Waals surface area contributed by atoms with Crippen LogP contribution in [0.1, 0.15) is 37.4 Å². The molecule has 2 aromatic rings. The minimum Gasteiger partial charge on any atom is -0.399 e. The molecule has 0 aromatic carbocycles. The van der Waals surface area contributed by atoms with E-state index in [1.807, 2.05) is 25.1 Å². The third kappa shape index (κ3) is 6.42. The Kier molecular flexibility index (Phi) is 8.60. The molecule has 0 aliphatic heterocycles. The summed E-state index contributed by atoms with van der Waals surface area (Å²) in [5.74, 6) is -0.601. The van der Waals surface area contributed by atoms with E-state index in [1.165, 1.54) is 13.3 Å². The molecular weight excluding hydrogens is 406 g/mol. The number of aryl methyl sites for hydroxylation is 1. The van der Waals surface area contributed by atoms with E-state index in [4.69, 9.17) is 32.9 Å². The molecule has 6 nitrogen and oxygen atoms in total. The summed E-state index contributed by atoms with van der Waals surface area (Å²) in [5, 5.41) is 7.46. The van der Waals surface area contributed by atoms with Crippen LogP contribution in [0.15, 0.2) is 40.8 Å². The topological polar surface area (TPSA) is 69.0 Å². The minimum atomic E-state index is -0.601. The third-order valence-corrected chi connectivity index (χ3v) is 4.08. The lowest BCUT2D eigenvalue weighted by Crippen LogP contribution is -2.17. The predicted octanol–water partition coefficient (Wildman–Crippen LogP) is 4.62. The predicted molar refractivity (Wildman–Crippen MR) is 109 cm³/mol. The zero-order valence-corrected chi connectivity index (χ0v) is 17.3. The van der Waals surface area contributed by atoms with E-state index in [2.05, 4.69) is 20.3 Å². The molecule has 0 aliphatic rings. The number of oxime groups is 2. The van der Waals surface area contributed by atoms with Gasteiger partial charge in [0.2, 0.25) is 0 Å². The lowest BCUT2D eigenvalue weighted by Gasteiger charge is -2.09. The Morgan fingerprint density at radius 2 is 2.11 bits per heavy atom. The molecule has 0 spiro atoms. The zero-order valence-electron chi connectivity index (χ0n) is 15.8. The van der Waals surface area contributed by atoms with Crippen LogP contribution in [0.4, 0.5) is 4.39 Å². The molecule has 0 saturated carbocycles. The van der Waals surface area contributed by atoms with Crippen LogP contribution in [-0.2, 0) is 16.1 Å². The Balaban J connectivity index is 1.95. The second-order valence-electron chi connectivity index (χ2n) is 5.89. The highest BCUT2D eigenvalue weighted by Crippen LogP contribution is 2.16. The van der Waals surface area contributed by atoms with Crippen LogP contribution >= 0.6 is 23.2 Å². The van der Waals surface area contributed by atoms with Gasteiger partial charge in [-0.25, -0.2) is 4.39 Å². The number of aromatic nitrogens is 2. The molecule has 150 valence electrons. The molecule has 1 unspecified atom stereocenters. The summed E-state index contributed by atoms with van der Waals surface area (Å²) >= 11 is 11.8. The summed E-state index contributed by atoms with van der Waals surface area (Å²) in [6.45, 7) is 3.81. The van der Waals surface area contributed by atoms with E-state index in [0.717, 1.165) is 17.5 Å². The maximum atomic E-state index is 14.0. The molecule has 0 aliphatic carbocycles. The van der Waals surface area contributed by atoms with E-state index in [9.17, 15) is 4.39 Å². The molecular formula is C19H21Cl2FN4O2. The highest BCUT2D eigenvalue weighted by Gasteiger charge is 2.18. The van der Waals surface area contributed by atoms with Crippen LogP contribution in [-0.4, -0.2) is 40.5 Å². The molecule has 0 N–H and O–H groups in total. The van der Waals surface area contributed by atoms with Crippen molar-refractivity contribution in [3.63, 3.8) is 0 Å². The monoisotopic (exact) mass is 426 g/mol. The van der Waals surface area contributed by atoms with Crippen LogP contribution in [0.3, 0.4) is 0 Å². The third-order valence-electron chi connectivity index (χ3n) is 3.66. The van der Waals surface area contributed by atoms with Crippen LogP contribution in [0, 0.1) is 5.82 Å². The van der Waals surface area contributed by atoms with Crippen molar-refractivity contribution in [2.45, 2.75) is 32.1 Å². The maximum absolute atomic E-state index is 14.0. The van der Waals surface area contributed by atoms with Crippen molar-refractivity contribution in [2.24, 2.45) is 10.3 Å². The van der Waals surface area contributed by atoms with Crippen molar-refractivity contribution in [1.82, 2.24) is 9.97 Å². The van der Waals surface area contributed by atoms with Crippen molar-refractivity contribution >= 4 is 34.6 Å². The van der Waals surface area contributed by atoms with E-state index in [1.54, 1.807) is 6.92 Å². The van der Waals surface area contributed by atoms with Crippen molar-refractivity contribution in [2.75, 3.05) is 13.7 Å². The molecule has 1 atom stereocenters. The fourth-order valence-electron chi connectivity index (χ4n) is 2.34. The zero-order chi connectivity index (χ0) is 20.5. The normalized spacial score (nSPS) is 13.4. The van der Waals surface area contributed by atoms with Gasteiger partial charge in [-0.05, 0) is 44.9 Å². The number of nitrogens with zero attached hydrogens (tertiary/aromatic N) is 4. The molecule has 28 heavy (non-hydrogen) atoms. The van der Waals surface area contributed by atoms with Gasteiger partial charge in [-0.15, -0.1) is 11.6 Å². The summed E-state index contributed by atoms with van der Waals surface area (Å²) in [5.41, 5.74) is 2.58. The first-order valence-electron chi connectivity index (χ1n) is 8.61. The van der Waals surface area contributed by atoms with Gasteiger partial charge in [0.15, 0.2) is 5.82 Å². The van der Waals surface area contributed by atoms with Crippen molar-refractivity contribution in [1.29, 1.82) is 0 Å². The highest BCUT2D eigenvalue weighted by molar-refractivity contribution is 6.34. The first-order valence-corrected chi connectivity index (χ1v) is 9.43. The van der Waals surface area contributed by atoms with Crippen LogP contribution in [0.5, 0.6) is 0 Å². The van der Waals surface area contributed by atoms with E-state index < -0.39 is 11.2 Å². The van der Waals surface area contributed by atoms with Gasteiger partial charge in [0.25, 0.3) is 0 Å². The van der Waals surface area contributed by atoms with Crippen LogP contribution < -0.4 is 0 Å². The summed E-state index contributed by atoms with van der Waals surface area (Å²) < 4.78 is 14.0. The Hall–Kier alpha value is -2.25. The number of halogens is 3. The van der Waals surface area contributed by atoms with Gasteiger partial charge in [0.1, 0.15) is 30.8 Å². The Morgan fingerprint density at radius 3 is 2.79 bits per heavy atom. The van der Waals surface area contributed by atoms with Gasteiger partial charge in [-0.1, -0.05) is 28.0 Å². The molecule has 9 heteroatoms. The van der Waals surface area contributed by atoms with E-state index in [-0.39, 0.29) is 16.4 Å². The molecule has 0 bridgehead atoms. The number of rotatable bonds is 9. The second kappa shape index (κ2) is 10.9. The average molecular weight is 427 g/mol. The van der Waals surface area contributed by atoms with Gasteiger partial charge in [-0.3, -0.25) is 9.97 Å². The quantitative estimate of drug-likeness (QED) is 0.254. The van der Waals surface area contributed by atoms with Gasteiger partial charge in [-0.2, -0.15) is 0 Å². The number of pyridine rings is 2. The Labute approximate surface area is 173 Å². The summed E-state index contributed by atoms with van der Waals surface area (Å²) in [6.07, 6.45) is 2.69. The van der Waals surface area contributed by atoms with Crippen molar-refractivity contribution < 1.29 is 14.1 Å². The molecule has 0 fully saturated rings. The fraction of sp³-hybridized carbons (Fsp3) is 0.368. The summed E-state index contributed by atoms with van der Waals surface area (Å²) in [4.78, 5) is 18.6. The number of hydrogen-bond acceptors (Lipinski definition) is 6. The van der Waals surface area contributed by atoms with Crippen molar-refractivity contribution in [3.05, 3.63) is 58.4 Å². The number of alkyl halides is 1. The second-order valence-corrected chi connectivity index (χ2v) is 6.98. The van der Waals surface area contributed by atoms with Gasteiger partial charge in [0, 0.05) is 11.9 Å². The lowest BCUT2D eigenvalue weighted by molar-refractivity contribution is 0.141. The first kappa shape index (κ1) is 22.0. The molecule has 2 aromatic heterocycles. The SMILES string of the molecule is CON=C(C)c1cccc(CCCON=C(c2ncc(Cl)cc2F)C(C)Cl)n1. The smallest absolute Gasteiger partial charge is 0.152 e. The molecule has 0 radical (unpaired) electrons. The van der Waals surface area contributed by atoms with Crippen molar-refractivity contribution in [3.8, 4) is 0 Å². The Morgan fingerprint density at radius 1 is 1.32 bits per heavy atom. The van der Waals surface area contributed by atoms with Crippen LogP contribution in [0.2, 0.25) is 5.02 Å². The first-order chi connectivity index (χ1) is 13.4. The van der Waals surface area contributed by atoms with Gasteiger partial charge >= 0.3 is 0 Å². The summed E-state index contributed by atoms with van der Waals surface area (Å²) in [7, 11) is 1.49. The van der Waals surface area contributed by atoms with Gasteiger partial charge < -0.3 is 9.68 Å². The van der Waals surface area contributed by atoms with E-state index in [0.29, 0.717) is 25.2 Å². The number of hydrogen-bond donors (Lipinski definition) is 0. The Bertz CT molecular complexity index is 860. The lowest BCUT2D eigenvalue weighted by atomic mass is 10.2. The maximum Gasteiger partial charge on any atom is 0.152 e.